The highest BCUT2D eigenvalue weighted by Crippen LogP contribution is 2.15. The van der Waals surface area contributed by atoms with Crippen LogP contribution in [0.5, 0.6) is 0 Å². The quantitative estimate of drug-likeness (QED) is 0.908. The smallest absolute Gasteiger partial charge is 0.321 e. The Kier molecular flexibility index (Phi) is 5.46. The highest BCUT2D eigenvalue weighted by Gasteiger charge is 2.22. The third-order valence-electron chi connectivity index (χ3n) is 4.30. The zero-order valence-corrected chi connectivity index (χ0v) is 13.6. The molecule has 0 aliphatic carbocycles. The van der Waals surface area contributed by atoms with Gasteiger partial charge >= 0.3 is 6.03 Å². The van der Waals surface area contributed by atoms with Crippen LogP contribution in [0.15, 0.2) is 60.7 Å². The summed E-state index contributed by atoms with van der Waals surface area (Å²) in [6.07, 6.45) is -0.490. The van der Waals surface area contributed by atoms with Crippen molar-refractivity contribution in [2.24, 2.45) is 0 Å². The number of carbonyl (C=O) groups excluding carboxylic acids is 1. The predicted molar refractivity (Wildman–Crippen MR) is 94.9 cm³/mol. The van der Waals surface area contributed by atoms with Gasteiger partial charge in [-0.1, -0.05) is 48.5 Å². The summed E-state index contributed by atoms with van der Waals surface area (Å²) in [6.45, 7) is 3.47. The number of carbonyl (C=O) groups is 1. The van der Waals surface area contributed by atoms with Crippen LogP contribution in [0, 0.1) is 0 Å². The molecule has 2 amide bonds. The summed E-state index contributed by atoms with van der Waals surface area (Å²) in [6, 6.07) is 19.1. The molecule has 2 N–H and O–H groups in total. The fraction of sp³-hybridized carbons (Fsp3) is 0.316. The van der Waals surface area contributed by atoms with Crippen molar-refractivity contribution in [2.75, 3.05) is 38.0 Å². The maximum atomic E-state index is 12.3. The van der Waals surface area contributed by atoms with Crippen molar-refractivity contribution in [3.63, 3.8) is 0 Å². The van der Waals surface area contributed by atoms with Crippen LogP contribution >= 0.6 is 0 Å². The Bertz CT molecular complexity index is 640. The number of hydrogen-bond acceptors (Lipinski definition) is 3. The standard InChI is InChI=1S/C19H23N3O2/c23-18(16-7-3-1-4-8-16)15-21-11-13-22(14-12-21)19(24)20-17-9-5-2-6-10-17/h1-10,18,23H,11-15H2,(H,20,24). The van der Waals surface area contributed by atoms with Gasteiger partial charge in [-0.15, -0.1) is 0 Å². The van der Waals surface area contributed by atoms with Gasteiger partial charge in [0.05, 0.1) is 6.10 Å². The minimum Gasteiger partial charge on any atom is -0.387 e. The molecular weight excluding hydrogens is 302 g/mol. The maximum absolute atomic E-state index is 12.3. The first-order chi connectivity index (χ1) is 11.7. The molecule has 2 aromatic carbocycles. The van der Waals surface area contributed by atoms with Crippen LogP contribution in [0.1, 0.15) is 11.7 Å². The molecule has 1 heterocycles. The van der Waals surface area contributed by atoms with Gasteiger partial charge in [-0.25, -0.2) is 4.79 Å². The van der Waals surface area contributed by atoms with Crippen LogP contribution in [-0.2, 0) is 0 Å². The van der Waals surface area contributed by atoms with Crippen molar-refractivity contribution in [1.29, 1.82) is 0 Å². The van der Waals surface area contributed by atoms with Gasteiger partial charge in [-0.3, -0.25) is 4.90 Å². The summed E-state index contributed by atoms with van der Waals surface area (Å²) in [4.78, 5) is 16.3. The number of piperazine rings is 1. The molecule has 0 spiro atoms. The minimum absolute atomic E-state index is 0.0653. The zero-order chi connectivity index (χ0) is 16.8. The number of anilines is 1. The first-order valence-corrected chi connectivity index (χ1v) is 8.29. The Morgan fingerprint density at radius 3 is 2.17 bits per heavy atom. The fourth-order valence-electron chi connectivity index (χ4n) is 2.88. The number of urea groups is 1. The van der Waals surface area contributed by atoms with E-state index in [1.54, 1.807) is 0 Å². The molecule has 0 saturated carbocycles. The van der Waals surface area contributed by atoms with Crippen LogP contribution in [0.4, 0.5) is 10.5 Å². The predicted octanol–water partition coefficient (Wildman–Crippen LogP) is 2.57. The number of amides is 2. The molecule has 5 heteroatoms. The molecule has 2 aromatic rings. The number of nitrogens with one attached hydrogen (secondary N) is 1. The van der Waals surface area contributed by atoms with Gasteiger partial charge in [0.25, 0.3) is 0 Å². The molecule has 0 bridgehead atoms. The lowest BCUT2D eigenvalue weighted by molar-refractivity contribution is 0.0831. The third kappa shape index (κ3) is 4.34. The largest absolute Gasteiger partial charge is 0.387 e. The highest BCUT2D eigenvalue weighted by atomic mass is 16.3. The molecular formula is C19H23N3O2. The van der Waals surface area contributed by atoms with E-state index >= 15 is 0 Å². The lowest BCUT2D eigenvalue weighted by Gasteiger charge is -2.35. The van der Waals surface area contributed by atoms with E-state index in [0.717, 1.165) is 24.3 Å². The van der Waals surface area contributed by atoms with Crippen LogP contribution in [0.2, 0.25) is 0 Å². The molecule has 1 aliphatic heterocycles. The van der Waals surface area contributed by atoms with E-state index in [0.29, 0.717) is 19.6 Å². The van der Waals surface area contributed by atoms with Crippen molar-refractivity contribution in [1.82, 2.24) is 9.80 Å². The highest BCUT2D eigenvalue weighted by molar-refractivity contribution is 5.89. The molecule has 1 fully saturated rings. The summed E-state index contributed by atoms with van der Waals surface area (Å²) >= 11 is 0. The maximum Gasteiger partial charge on any atom is 0.321 e. The second-order valence-corrected chi connectivity index (χ2v) is 6.01. The van der Waals surface area contributed by atoms with E-state index in [-0.39, 0.29) is 6.03 Å². The number of para-hydroxylation sites is 1. The van der Waals surface area contributed by atoms with Crippen molar-refractivity contribution < 1.29 is 9.90 Å². The average molecular weight is 325 g/mol. The Morgan fingerprint density at radius 2 is 1.54 bits per heavy atom. The van der Waals surface area contributed by atoms with Gasteiger partial charge in [0.15, 0.2) is 0 Å². The minimum atomic E-state index is -0.490. The van der Waals surface area contributed by atoms with Gasteiger partial charge in [0.2, 0.25) is 0 Å². The van der Waals surface area contributed by atoms with Crippen LogP contribution < -0.4 is 5.32 Å². The Labute approximate surface area is 142 Å². The van der Waals surface area contributed by atoms with Crippen molar-refractivity contribution >= 4 is 11.7 Å². The number of rotatable bonds is 4. The first kappa shape index (κ1) is 16.5. The SMILES string of the molecule is O=C(Nc1ccccc1)N1CCN(CC(O)c2ccccc2)CC1. The molecule has 3 rings (SSSR count). The fourth-order valence-corrected chi connectivity index (χ4v) is 2.88. The summed E-state index contributed by atoms with van der Waals surface area (Å²) < 4.78 is 0. The molecule has 126 valence electrons. The van der Waals surface area contributed by atoms with Crippen LogP contribution in [-0.4, -0.2) is 53.7 Å². The molecule has 1 unspecified atom stereocenters. The molecule has 5 nitrogen and oxygen atoms in total. The normalized spacial score (nSPS) is 16.6. The molecule has 1 atom stereocenters. The van der Waals surface area contributed by atoms with Crippen LogP contribution in [0.3, 0.4) is 0 Å². The van der Waals surface area contributed by atoms with Gasteiger partial charge in [-0.05, 0) is 17.7 Å². The van der Waals surface area contributed by atoms with Gasteiger partial charge in [-0.2, -0.15) is 0 Å². The topological polar surface area (TPSA) is 55.8 Å². The van der Waals surface area contributed by atoms with Crippen molar-refractivity contribution in [2.45, 2.75) is 6.10 Å². The monoisotopic (exact) mass is 325 g/mol. The van der Waals surface area contributed by atoms with Gasteiger partial charge in [0.1, 0.15) is 0 Å². The molecule has 1 aliphatic rings. The number of aliphatic hydroxyl groups excluding tert-OH is 1. The van der Waals surface area contributed by atoms with Crippen molar-refractivity contribution in [3.05, 3.63) is 66.2 Å². The summed E-state index contributed by atoms with van der Waals surface area (Å²) in [5, 5.41) is 13.2. The number of hydrogen-bond donors (Lipinski definition) is 2. The Balaban J connectivity index is 1.46. The Hall–Kier alpha value is -2.37. The summed E-state index contributed by atoms with van der Waals surface area (Å²) in [5.41, 5.74) is 1.74. The Morgan fingerprint density at radius 1 is 0.958 bits per heavy atom. The van der Waals surface area contributed by atoms with E-state index < -0.39 is 6.10 Å². The van der Waals surface area contributed by atoms with E-state index in [1.807, 2.05) is 65.6 Å². The van der Waals surface area contributed by atoms with E-state index in [1.165, 1.54) is 0 Å². The van der Waals surface area contributed by atoms with E-state index in [2.05, 4.69) is 10.2 Å². The van der Waals surface area contributed by atoms with Gasteiger partial charge in [0, 0.05) is 38.4 Å². The lowest BCUT2D eigenvalue weighted by Crippen LogP contribution is -2.50. The molecule has 0 aromatic heterocycles. The van der Waals surface area contributed by atoms with Crippen molar-refractivity contribution in [3.8, 4) is 0 Å². The number of aliphatic hydroxyl groups is 1. The number of nitrogens with zero attached hydrogens (tertiary/aromatic N) is 2. The second-order valence-electron chi connectivity index (χ2n) is 6.01. The average Bonchev–Trinajstić information content (AvgIpc) is 2.64. The first-order valence-electron chi connectivity index (χ1n) is 8.29. The number of benzene rings is 2. The third-order valence-corrected chi connectivity index (χ3v) is 4.30. The molecule has 0 radical (unpaired) electrons. The zero-order valence-electron chi connectivity index (χ0n) is 13.6. The summed E-state index contributed by atoms with van der Waals surface area (Å²) in [7, 11) is 0. The van der Waals surface area contributed by atoms with Gasteiger partial charge < -0.3 is 15.3 Å². The number of β-amino-alcohol motifs (C(OH)–C–C–N with tert-alkyl or cyclic N) is 1. The lowest BCUT2D eigenvalue weighted by atomic mass is 10.1. The summed E-state index contributed by atoms with van der Waals surface area (Å²) in [5.74, 6) is 0. The second kappa shape index (κ2) is 7.95. The molecule has 24 heavy (non-hydrogen) atoms. The van der Waals surface area contributed by atoms with Crippen LogP contribution in [0.25, 0.3) is 0 Å². The van der Waals surface area contributed by atoms with E-state index in [9.17, 15) is 9.90 Å². The molecule has 1 saturated heterocycles. The van der Waals surface area contributed by atoms with E-state index in [4.69, 9.17) is 0 Å².